The van der Waals surface area contributed by atoms with Gasteiger partial charge in [0.2, 0.25) is 0 Å². The summed E-state index contributed by atoms with van der Waals surface area (Å²) in [6.07, 6.45) is 0. The van der Waals surface area contributed by atoms with E-state index < -0.39 is 0 Å². The van der Waals surface area contributed by atoms with E-state index >= 15 is 0 Å². The maximum Gasteiger partial charge on any atom is 0.125 e. The second-order valence-electron chi connectivity index (χ2n) is 2.47. The summed E-state index contributed by atoms with van der Waals surface area (Å²) < 4.78 is 12.6. The van der Waals surface area contributed by atoms with Crippen LogP contribution in [0.3, 0.4) is 0 Å². The van der Waals surface area contributed by atoms with Crippen LogP contribution in [0.15, 0.2) is 24.3 Å². The van der Waals surface area contributed by atoms with Gasteiger partial charge in [-0.05, 0) is 24.7 Å². The minimum atomic E-state index is -0.212. The first-order chi connectivity index (χ1) is 5.83. The minimum absolute atomic E-state index is 0.212. The van der Waals surface area contributed by atoms with Gasteiger partial charge in [-0.25, -0.2) is 4.39 Å². The topological polar surface area (TPSA) is 24.1 Å². The van der Waals surface area contributed by atoms with Crippen molar-refractivity contribution in [2.75, 3.05) is 18.5 Å². The van der Waals surface area contributed by atoms with Crippen LogP contribution in [-0.2, 0) is 0 Å². The highest BCUT2D eigenvalue weighted by Crippen LogP contribution is 2.07. The summed E-state index contributed by atoms with van der Waals surface area (Å²) in [5.41, 5.74) is 0.802. The predicted molar refractivity (Wildman–Crippen MR) is 48.6 cm³/mol. The third-order valence-electron chi connectivity index (χ3n) is 1.49. The second-order valence-corrected chi connectivity index (χ2v) is 2.47. The summed E-state index contributed by atoms with van der Waals surface area (Å²) in [5, 5.41) is 6.12. The Bertz CT molecular complexity index is 238. The van der Waals surface area contributed by atoms with E-state index in [0.717, 1.165) is 12.2 Å². The van der Waals surface area contributed by atoms with Crippen molar-refractivity contribution < 1.29 is 4.39 Å². The molecule has 66 valence electrons. The fraction of sp³-hybridized carbons (Fsp3) is 0.333. The average molecular weight is 168 g/mol. The molecule has 0 fully saturated rings. The molecule has 0 saturated heterocycles. The van der Waals surface area contributed by atoms with Crippen LogP contribution in [0.4, 0.5) is 10.1 Å². The van der Waals surface area contributed by atoms with E-state index in [-0.39, 0.29) is 5.82 Å². The van der Waals surface area contributed by atoms with Gasteiger partial charge in [0.25, 0.3) is 0 Å². The van der Waals surface area contributed by atoms with Gasteiger partial charge in [-0.1, -0.05) is 13.0 Å². The lowest BCUT2D eigenvalue weighted by Crippen LogP contribution is -2.21. The summed E-state index contributed by atoms with van der Waals surface area (Å²) in [5.74, 6) is -0.212. The van der Waals surface area contributed by atoms with Crippen molar-refractivity contribution >= 4 is 5.69 Å². The quantitative estimate of drug-likeness (QED) is 0.529. The first-order valence-electron chi connectivity index (χ1n) is 4.03. The number of anilines is 1. The largest absolute Gasteiger partial charge is 0.372 e. The van der Waals surface area contributed by atoms with Gasteiger partial charge in [-0.2, -0.15) is 0 Å². The van der Waals surface area contributed by atoms with Crippen LogP contribution in [0.25, 0.3) is 0 Å². The third-order valence-corrected chi connectivity index (χ3v) is 1.49. The van der Waals surface area contributed by atoms with Crippen molar-refractivity contribution in [2.24, 2.45) is 0 Å². The zero-order chi connectivity index (χ0) is 8.81. The van der Waals surface area contributed by atoms with E-state index in [1.807, 2.05) is 13.0 Å². The monoisotopic (exact) mass is 168 g/mol. The van der Waals surface area contributed by atoms with Crippen LogP contribution in [0.1, 0.15) is 6.92 Å². The average Bonchev–Trinajstić information content (AvgIpc) is 2.05. The van der Waals surface area contributed by atoms with E-state index in [4.69, 9.17) is 0 Å². The van der Waals surface area contributed by atoms with Crippen LogP contribution in [-0.4, -0.2) is 13.2 Å². The molecule has 0 aliphatic rings. The Morgan fingerprint density at radius 1 is 1.42 bits per heavy atom. The Balaban J connectivity index is 2.41. The molecular formula is C9H13FN2. The Kier molecular flexibility index (Phi) is 3.54. The highest BCUT2D eigenvalue weighted by molar-refractivity contribution is 5.42. The molecule has 3 heteroatoms. The lowest BCUT2D eigenvalue weighted by atomic mass is 10.3. The van der Waals surface area contributed by atoms with Crippen LogP contribution in [0.2, 0.25) is 0 Å². The molecule has 12 heavy (non-hydrogen) atoms. The highest BCUT2D eigenvalue weighted by Gasteiger charge is 1.91. The number of hydrogen-bond donors (Lipinski definition) is 2. The molecule has 0 radical (unpaired) electrons. The van der Waals surface area contributed by atoms with Crippen molar-refractivity contribution in [2.45, 2.75) is 6.92 Å². The normalized spacial score (nSPS) is 9.83. The molecule has 2 N–H and O–H groups in total. The zero-order valence-electron chi connectivity index (χ0n) is 7.10. The van der Waals surface area contributed by atoms with Crippen molar-refractivity contribution in [1.29, 1.82) is 0 Å². The molecule has 0 saturated carbocycles. The van der Waals surface area contributed by atoms with Gasteiger partial charge >= 0.3 is 0 Å². The van der Waals surface area contributed by atoms with E-state index in [2.05, 4.69) is 10.6 Å². The van der Waals surface area contributed by atoms with Gasteiger partial charge in [0, 0.05) is 5.69 Å². The molecule has 0 amide bonds. The second kappa shape index (κ2) is 4.72. The van der Waals surface area contributed by atoms with Gasteiger partial charge < -0.3 is 10.6 Å². The Morgan fingerprint density at radius 2 is 2.25 bits per heavy atom. The van der Waals surface area contributed by atoms with E-state index in [1.54, 1.807) is 6.07 Å². The van der Waals surface area contributed by atoms with Gasteiger partial charge in [-0.15, -0.1) is 0 Å². The molecule has 0 spiro atoms. The summed E-state index contributed by atoms with van der Waals surface area (Å²) in [4.78, 5) is 0. The van der Waals surface area contributed by atoms with Crippen LogP contribution in [0.5, 0.6) is 0 Å². The van der Waals surface area contributed by atoms with Gasteiger partial charge in [0.05, 0.1) is 6.67 Å². The van der Waals surface area contributed by atoms with Crippen molar-refractivity contribution in [3.8, 4) is 0 Å². The Labute approximate surface area is 71.8 Å². The number of nitrogens with one attached hydrogen (secondary N) is 2. The SMILES string of the molecule is CCNCNc1cccc(F)c1. The predicted octanol–water partition coefficient (Wildman–Crippen LogP) is 1.80. The molecule has 0 aliphatic heterocycles. The first-order valence-corrected chi connectivity index (χ1v) is 4.03. The summed E-state index contributed by atoms with van der Waals surface area (Å²) in [6.45, 7) is 3.59. The number of benzene rings is 1. The van der Waals surface area contributed by atoms with Gasteiger partial charge in [-0.3, -0.25) is 0 Å². The van der Waals surface area contributed by atoms with Crippen molar-refractivity contribution in [3.05, 3.63) is 30.1 Å². The molecule has 0 bridgehead atoms. The molecule has 1 rings (SSSR count). The summed E-state index contributed by atoms with van der Waals surface area (Å²) >= 11 is 0. The molecule has 0 unspecified atom stereocenters. The van der Waals surface area contributed by atoms with E-state index in [0.29, 0.717) is 6.67 Å². The number of rotatable bonds is 4. The zero-order valence-corrected chi connectivity index (χ0v) is 7.10. The van der Waals surface area contributed by atoms with Crippen molar-refractivity contribution in [3.63, 3.8) is 0 Å². The first kappa shape index (κ1) is 9.00. The smallest absolute Gasteiger partial charge is 0.125 e. The van der Waals surface area contributed by atoms with Crippen molar-refractivity contribution in [1.82, 2.24) is 5.32 Å². The third kappa shape index (κ3) is 2.88. The molecule has 1 aromatic rings. The van der Waals surface area contributed by atoms with Crippen LogP contribution < -0.4 is 10.6 Å². The molecule has 1 aromatic carbocycles. The van der Waals surface area contributed by atoms with E-state index in [1.165, 1.54) is 12.1 Å². The van der Waals surface area contributed by atoms with E-state index in [9.17, 15) is 4.39 Å². The molecule has 0 atom stereocenters. The highest BCUT2D eigenvalue weighted by atomic mass is 19.1. The maximum atomic E-state index is 12.6. The molecule has 0 heterocycles. The van der Waals surface area contributed by atoms with Crippen LogP contribution >= 0.6 is 0 Å². The van der Waals surface area contributed by atoms with Gasteiger partial charge in [0.15, 0.2) is 0 Å². The molecule has 0 aromatic heterocycles. The Morgan fingerprint density at radius 3 is 2.92 bits per heavy atom. The lowest BCUT2D eigenvalue weighted by molar-refractivity contribution is 0.628. The lowest BCUT2D eigenvalue weighted by Gasteiger charge is -2.05. The Hall–Kier alpha value is -1.09. The molecule has 2 nitrogen and oxygen atoms in total. The maximum absolute atomic E-state index is 12.6. The van der Waals surface area contributed by atoms with Gasteiger partial charge in [0.1, 0.15) is 5.82 Å². The summed E-state index contributed by atoms with van der Waals surface area (Å²) in [6, 6.07) is 6.42. The standard InChI is InChI=1S/C9H13FN2/c1-2-11-7-12-9-5-3-4-8(10)6-9/h3-6,11-12H,2,7H2,1H3. The number of halogens is 1. The molecular weight excluding hydrogens is 155 g/mol. The number of hydrogen-bond acceptors (Lipinski definition) is 2. The molecule has 0 aliphatic carbocycles. The van der Waals surface area contributed by atoms with Crippen LogP contribution in [0, 0.1) is 5.82 Å². The summed E-state index contributed by atoms with van der Waals surface area (Å²) in [7, 11) is 0. The fourth-order valence-corrected chi connectivity index (χ4v) is 0.888. The fourth-order valence-electron chi connectivity index (χ4n) is 0.888. The minimum Gasteiger partial charge on any atom is -0.372 e.